The molecule has 22 heavy (non-hydrogen) atoms. The van der Waals surface area contributed by atoms with Crippen LogP contribution in [0.3, 0.4) is 0 Å². The molecule has 0 atom stereocenters. The Labute approximate surface area is 140 Å². The van der Waals surface area contributed by atoms with Gasteiger partial charge in [0.2, 0.25) is 0 Å². The lowest BCUT2D eigenvalue weighted by molar-refractivity contribution is 0.619. The molecular formula is C18H18Cl2N2. The fraction of sp³-hybridized carbons (Fsp3) is 0.278. The van der Waals surface area contributed by atoms with E-state index in [4.69, 9.17) is 28.2 Å². The third-order valence-corrected chi connectivity index (χ3v) is 4.29. The molecule has 1 heterocycles. The van der Waals surface area contributed by atoms with E-state index in [2.05, 4.69) is 22.8 Å². The molecule has 0 unspecified atom stereocenters. The van der Waals surface area contributed by atoms with E-state index >= 15 is 0 Å². The van der Waals surface area contributed by atoms with Gasteiger partial charge in [-0.1, -0.05) is 30.2 Å². The summed E-state index contributed by atoms with van der Waals surface area (Å²) in [5, 5.41) is 0.744. The summed E-state index contributed by atoms with van der Waals surface area (Å²) >= 11 is 11.8. The van der Waals surface area contributed by atoms with Crippen molar-refractivity contribution in [1.29, 1.82) is 0 Å². The first-order chi connectivity index (χ1) is 10.8. The number of fused-ring (bicyclic) bond motifs is 1. The maximum Gasteiger partial charge on any atom is 0.141 e. The molecule has 0 radical (unpaired) electrons. The third-order valence-electron chi connectivity index (χ3n) is 3.77. The Morgan fingerprint density at radius 2 is 1.68 bits per heavy atom. The Bertz CT molecular complexity index is 747. The number of nitrogens with zero attached hydrogens (tertiary/aromatic N) is 2. The highest BCUT2D eigenvalue weighted by Crippen LogP contribution is 2.26. The molecule has 0 aliphatic heterocycles. The summed E-state index contributed by atoms with van der Waals surface area (Å²) in [6, 6.07) is 16.1. The number of aromatic nitrogens is 2. The fourth-order valence-corrected chi connectivity index (χ4v) is 2.98. The van der Waals surface area contributed by atoms with Crippen molar-refractivity contribution in [3.8, 4) is 11.4 Å². The van der Waals surface area contributed by atoms with E-state index in [0.717, 1.165) is 53.6 Å². The maximum atomic E-state index is 6.00. The number of imidazole rings is 1. The second-order valence-electron chi connectivity index (χ2n) is 5.33. The minimum absolute atomic E-state index is 0.731. The molecule has 4 heteroatoms. The molecule has 0 aliphatic carbocycles. The van der Waals surface area contributed by atoms with Crippen molar-refractivity contribution >= 4 is 34.2 Å². The van der Waals surface area contributed by atoms with Crippen molar-refractivity contribution in [3.63, 3.8) is 0 Å². The molecule has 3 aromatic rings. The number of hydrogen-bond donors (Lipinski definition) is 0. The van der Waals surface area contributed by atoms with Crippen LogP contribution in [0.15, 0.2) is 48.5 Å². The smallest absolute Gasteiger partial charge is 0.141 e. The Balaban J connectivity index is 1.98. The lowest BCUT2D eigenvalue weighted by atomic mass is 10.2. The highest BCUT2D eigenvalue weighted by molar-refractivity contribution is 6.30. The Morgan fingerprint density at radius 1 is 0.909 bits per heavy atom. The quantitative estimate of drug-likeness (QED) is 0.414. The molecule has 2 aromatic carbocycles. The Morgan fingerprint density at radius 3 is 2.45 bits per heavy atom. The Kier molecular flexibility index (Phi) is 5.01. The molecular weight excluding hydrogens is 315 g/mol. The molecule has 0 aliphatic rings. The second-order valence-corrected chi connectivity index (χ2v) is 6.15. The summed E-state index contributed by atoms with van der Waals surface area (Å²) in [5.41, 5.74) is 3.31. The number of alkyl halides is 1. The van der Waals surface area contributed by atoms with Crippen molar-refractivity contribution in [2.24, 2.45) is 0 Å². The number of halogens is 2. The number of rotatable bonds is 6. The summed E-state index contributed by atoms with van der Waals surface area (Å²) in [7, 11) is 0. The van der Waals surface area contributed by atoms with Gasteiger partial charge in [0.15, 0.2) is 0 Å². The summed E-state index contributed by atoms with van der Waals surface area (Å²) in [4.78, 5) is 4.81. The molecule has 0 bridgehead atoms. The van der Waals surface area contributed by atoms with Crippen molar-refractivity contribution in [1.82, 2.24) is 9.55 Å². The molecule has 2 nitrogen and oxygen atoms in total. The van der Waals surface area contributed by atoms with E-state index < -0.39 is 0 Å². The van der Waals surface area contributed by atoms with Gasteiger partial charge in [0.1, 0.15) is 5.82 Å². The zero-order valence-corrected chi connectivity index (χ0v) is 13.8. The van der Waals surface area contributed by atoms with E-state index in [9.17, 15) is 0 Å². The minimum Gasteiger partial charge on any atom is -0.324 e. The van der Waals surface area contributed by atoms with E-state index in [1.807, 2.05) is 30.3 Å². The van der Waals surface area contributed by atoms with Crippen LogP contribution in [0.25, 0.3) is 22.4 Å². The zero-order chi connectivity index (χ0) is 15.4. The standard InChI is InChI=1S/C18H18Cl2N2/c19-12-4-1-5-13-22-17-7-3-2-6-16(17)21-18(22)14-8-10-15(20)11-9-14/h2-3,6-11H,1,4-5,12-13H2. The predicted molar refractivity (Wildman–Crippen MR) is 94.8 cm³/mol. The fourth-order valence-electron chi connectivity index (χ4n) is 2.66. The number of para-hydroxylation sites is 2. The van der Waals surface area contributed by atoms with Gasteiger partial charge in [-0.2, -0.15) is 0 Å². The van der Waals surface area contributed by atoms with E-state index in [0.29, 0.717) is 0 Å². The van der Waals surface area contributed by atoms with Crippen LogP contribution in [0.1, 0.15) is 19.3 Å². The zero-order valence-electron chi connectivity index (χ0n) is 12.3. The number of aryl methyl sites for hydroxylation is 1. The van der Waals surface area contributed by atoms with Crippen molar-refractivity contribution < 1.29 is 0 Å². The van der Waals surface area contributed by atoms with Crippen molar-refractivity contribution in [2.45, 2.75) is 25.8 Å². The largest absolute Gasteiger partial charge is 0.324 e. The first kappa shape index (κ1) is 15.4. The average Bonchev–Trinajstić information content (AvgIpc) is 2.91. The Hall–Kier alpha value is -1.51. The van der Waals surface area contributed by atoms with Gasteiger partial charge < -0.3 is 4.57 Å². The van der Waals surface area contributed by atoms with Crippen LogP contribution in [0.5, 0.6) is 0 Å². The first-order valence-electron chi connectivity index (χ1n) is 7.57. The van der Waals surface area contributed by atoms with Crippen molar-refractivity contribution in [2.75, 3.05) is 5.88 Å². The summed E-state index contributed by atoms with van der Waals surface area (Å²) in [6.45, 7) is 0.954. The minimum atomic E-state index is 0.731. The molecule has 0 amide bonds. The molecule has 0 saturated carbocycles. The lowest BCUT2D eigenvalue weighted by Crippen LogP contribution is -2.01. The first-order valence-corrected chi connectivity index (χ1v) is 8.48. The number of benzene rings is 2. The highest BCUT2D eigenvalue weighted by Gasteiger charge is 2.11. The van der Waals surface area contributed by atoms with Gasteiger partial charge >= 0.3 is 0 Å². The SMILES string of the molecule is ClCCCCCn1c(-c2ccc(Cl)cc2)nc2ccccc21. The van der Waals surface area contributed by atoms with Gasteiger partial charge in [0, 0.05) is 23.0 Å². The molecule has 114 valence electrons. The molecule has 0 fully saturated rings. The number of hydrogen-bond acceptors (Lipinski definition) is 1. The maximum absolute atomic E-state index is 6.00. The van der Waals surface area contributed by atoms with Crippen LogP contribution in [-0.4, -0.2) is 15.4 Å². The summed E-state index contributed by atoms with van der Waals surface area (Å²) in [6.07, 6.45) is 3.30. The second kappa shape index (κ2) is 7.17. The van der Waals surface area contributed by atoms with Crippen LogP contribution in [0.4, 0.5) is 0 Å². The summed E-state index contributed by atoms with van der Waals surface area (Å²) < 4.78 is 2.30. The molecule has 0 saturated heterocycles. The molecule has 3 rings (SSSR count). The molecule has 1 aromatic heterocycles. The normalized spacial score (nSPS) is 11.2. The van der Waals surface area contributed by atoms with E-state index in [-0.39, 0.29) is 0 Å². The van der Waals surface area contributed by atoms with Crippen LogP contribution in [0, 0.1) is 0 Å². The monoisotopic (exact) mass is 332 g/mol. The lowest BCUT2D eigenvalue weighted by Gasteiger charge is -2.09. The third kappa shape index (κ3) is 3.29. The van der Waals surface area contributed by atoms with E-state index in [1.165, 1.54) is 5.52 Å². The topological polar surface area (TPSA) is 17.8 Å². The van der Waals surface area contributed by atoms with Gasteiger partial charge in [-0.15, -0.1) is 11.6 Å². The van der Waals surface area contributed by atoms with Crippen LogP contribution < -0.4 is 0 Å². The van der Waals surface area contributed by atoms with E-state index in [1.54, 1.807) is 0 Å². The van der Waals surface area contributed by atoms with Crippen LogP contribution in [-0.2, 0) is 6.54 Å². The average molecular weight is 333 g/mol. The van der Waals surface area contributed by atoms with Gasteiger partial charge in [-0.05, 0) is 49.2 Å². The van der Waals surface area contributed by atoms with Gasteiger partial charge in [-0.3, -0.25) is 0 Å². The molecule has 0 N–H and O–H groups in total. The van der Waals surface area contributed by atoms with Gasteiger partial charge in [-0.25, -0.2) is 4.98 Å². The number of unbranched alkanes of at least 4 members (excludes halogenated alkanes) is 2. The van der Waals surface area contributed by atoms with Gasteiger partial charge in [0.05, 0.1) is 11.0 Å². The van der Waals surface area contributed by atoms with Crippen molar-refractivity contribution in [3.05, 3.63) is 53.6 Å². The van der Waals surface area contributed by atoms with Crippen LogP contribution in [0.2, 0.25) is 5.02 Å². The van der Waals surface area contributed by atoms with Crippen LogP contribution >= 0.6 is 23.2 Å². The van der Waals surface area contributed by atoms with Gasteiger partial charge in [0.25, 0.3) is 0 Å². The summed E-state index contributed by atoms with van der Waals surface area (Å²) in [5.74, 6) is 1.73. The predicted octanol–water partition coefficient (Wildman–Crippen LogP) is 5.77. The molecule has 0 spiro atoms. The highest BCUT2D eigenvalue weighted by atomic mass is 35.5.